The van der Waals surface area contributed by atoms with E-state index in [0.717, 1.165) is 20.5 Å². The van der Waals surface area contributed by atoms with Crippen LogP contribution in [0, 0.1) is 13.8 Å². The maximum atomic E-state index is 11.9. The van der Waals surface area contributed by atoms with Crippen molar-refractivity contribution in [3.8, 4) is 5.75 Å². The van der Waals surface area contributed by atoms with Crippen LogP contribution in [-0.2, 0) is 4.79 Å². The van der Waals surface area contributed by atoms with Gasteiger partial charge in [0.15, 0.2) is 0 Å². The largest absolute Gasteiger partial charge is 0.507 e. The minimum Gasteiger partial charge on any atom is -0.507 e. The van der Waals surface area contributed by atoms with Crippen molar-refractivity contribution in [3.63, 3.8) is 0 Å². The zero-order valence-electron chi connectivity index (χ0n) is 13.2. The van der Waals surface area contributed by atoms with Gasteiger partial charge in [-0.3, -0.25) is 20.4 Å². The fourth-order valence-corrected chi connectivity index (χ4v) is 3.31. The van der Waals surface area contributed by atoms with Crippen LogP contribution in [0.3, 0.4) is 0 Å². The van der Waals surface area contributed by atoms with Gasteiger partial charge in [-0.25, -0.2) is 0 Å². The maximum absolute atomic E-state index is 11.9. The van der Waals surface area contributed by atoms with Crippen LogP contribution in [0.4, 0.5) is 0 Å². The second-order valence-electron chi connectivity index (χ2n) is 5.18. The molecule has 0 radical (unpaired) electrons. The van der Waals surface area contributed by atoms with E-state index in [-0.39, 0.29) is 23.0 Å². The van der Waals surface area contributed by atoms with Crippen LogP contribution in [0.5, 0.6) is 5.75 Å². The molecule has 0 unspecified atom stereocenters. The second kappa shape index (κ2) is 8.21. The molecule has 0 spiro atoms. The van der Waals surface area contributed by atoms with Gasteiger partial charge in [0.05, 0.1) is 11.3 Å². The molecule has 7 heteroatoms. The summed E-state index contributed by atoms with van der Waals surface area (Å²) < 4.78 is 1.03. The fourth-order valence-electron chi connectivity index (χ4n) is 1.95. The molecule has 0 fully saturated rings. The topological polar surface area (TPSA) is 78.4 Å². The molecular formula is C17H17BrN2O3S. The third-order valence-electron chi connectivity index (χ3n) is 3.28. The van der Waals surface area contributed by atoms with Crippen LogP contribution >= 0.6 is 27.7 Å². The van der Waals surface area contributed by atoms with Crippen LogP contribution in [0.15, 0.2) is 45.8 Å². The Balaban J connectivity index is 1.87. The number of carbonyl (C=O) groups excluding carboxylic acids is 2. The monoisotopic (exact) mass is 408 g/mol. The molecule has 0 heterocycles. The first-order valence-corrected chi connectivity index (χ1v) is 8.93. The van der Waals surface area contributed by atoms with Crippen molar-refractivity contribution in [2.24, 2.45) is 0 Å². The number of para-hydroxylation sites is 1. The predicted molar refractivity (Wildman–Crippen MR) is 98.1 cm³/mol. The predicted octanol–water partition coefficient (Wildman–Crippen LogP) is 3.32. The van der Waals surface area contributed by atoms with Crippen molar-refractivity contribution in [1.82, 2.24) is 10.9 Å². The van der Waals surface area contributed by atoms with Crippen LogP contribution < -0.4 is 10.9 Å². The number of thioether (sulfide) groups is 1. The molecule has 2 aromatic rings. The molecule has 0 aromatic heterocycles. The number of hydrazine groups is 1. The summed E-state index contributed by atoms with van der Waals surface area (Å²) in [6.45, 7) is 3.96. The minimum absolute atomic E-state index is 0.102. The number of benzene rings is 2. The fraction of sp³-hybridized carbons (Fsp3) is 0.176. The quantitative estimate of drug-likeness (QED) is 0.535. The number of hydrogen-bond donors (Lipinski definition) is 3. The normalized spacial score (nSPS) is 10.3. The number of halogens is 1. The molecule has 2 rings (SSSR count). The summed E-state index contributed by atoms with van der Waals surface area (Å²) in [5.41, 5.74) is 6.90. The molecule has 0 bridgehead atoms. The van der Waals surface area contributed by atoms with E-state index in [0.29, 0.717) is 0 Å². The lowest BCUT2D eigenvalue weighted by Gasteiger charge is -2.10. The lowest BCUT2D eigenvalue weighted by atomic mass is 10.2. The molecule has 0 saturated heterocycles. The first-order chi connectivity index (χ1) is 11.4. The van der Waals surface area contributed by atoms with E-state index in [4.69, 9.17) is 0 Å². The number of rotatable bonds is 4. The molecule has 3 N–H and O–H groups in total. The Morgan fingerprint density at radius 3 is 2.54 bits per heavy atom. The van der Waals surface area contributed by atoms with Gasteiger partial charge < -0.3 is 5.11 Å². The highest BCUT2D eigenvalue weighted by Crippen LogP contribution is 2.28. The van der Waals surface area contributed by atoms with Gasteiger partial charge >= 0.3 is 0 Å². The molecule has 2 aromatic carbocycles. The van der Waals surface area contributed by atoms with Gasteiger partial charge in [-0.1, -0.05) is 28.1 Å². The van der Waals surface area contributed by atoms with Gasteiger partial charge in [0.2, 0.25) is 5.91 Å². The molecule has 0 aliphatic rings. The Morgan fingerprint density at radius 2 is 1.83 bits per heavy atom. The van der Waals surface area contributed by atoms with Crippen LogP contribution in [0.2, 0.25) is 0 Å². The van der Waals surface area contributed by atoms with Gasteiger partial charge in [-0.15, -0.1) is 11.8 Å². The highest BCUT2D eigenvalue weighted by molar-refractivity contribution is 9.10. The number of amides is 2. The van der Waals surface area contributed by atoms with Gasteiger partial charge in [-0.05, 0) is 49.2 Å². The number of phenolic OH excluding ortho intramolecular Hbond substituents is 1. The first kappa shape index (κ1) is 18.4. The summed E-state index contributed by atoms with van der Waals surface area (Å²) in [4.78, 5) is 24.8. The molecule has 5 nitrogen and oxygen atoms in total. The van der Waals surface area contributed by atoms with Crippen molar-refractivity contribution in [2.75, 3.05) is 5.75 Å². The highest BCUT2D eigenvalue weighted by atomic mass is 79.9. The van der Waals surface area contributed by atoms with Crippen LogP contribution in [0.1, 0.15) is 21.5 Å². The van der Waals surface area contributed by atoms with Crippen LogP contribution in [-0.4, -0.2) is 22.7 Å². The van der Waals surface area contributed by atoms with Crippen molar-refractivity contribution in [3.05, 3.63) is 57.6 Å². The Bertz CT molecular complexity index is 780. The summed E-state index contributed by atoms with van der Waals surface area (Å²) in [5, 5.41) is 9.60. The number of aryl methyl sites for hydroxylation is 2. The van der Waals surface area contributed by atoms with Crippen molar-refractivity contribution in [1.29, 1.82) is 0 Å². The van der Waals surface area contributed by atoms with Crippen molar-refractivity contribution in [2.45, 2.75) is 18.7 Å². The van der Waals surface area contributed by atoms with E-state index >= 15 is 0 Å². The molecule has 0 aliphatic carbocycles. The summed E-state index contributed by atoms with van der Waals surface area (Å²) >= 11 is 4.87. The average Bonchev–Trinajstić information content (AvgIpc) is 2.55. The maximum Gasteiger partial charge on any atom is 0.273 e. The second-order valence-corrected chi connectivity index (χ2v) is 7.05. The zero-order valence-corrected chi connectivity index (χ0v) is 15.6. The Kier molecular flexibility index (Phi) is 6.28. The number of carbonyl (C=O) groups is 2. The Labute approximate surface area is 152 Å². The standard InChI is InChI=1S/C17H17BrN2O3S/c1-10-8-15(11(2)7-13(10)18)24-9-16(22)19-20-17(23)12-5-3-4-6-14(12)21/h3-8,21H,9H2,1-2H3,(H,19,22)(H,20,23). The molecule has 0 atom stereocenters. The minimum atomic E-state index is -0.567. The average molecular weight is 409 g/mol. The highest BCUT2D eigenvalue weighted by Gasteiger charge is 2.12. The first-order valence-electron chi connectivity index (χ1n) is 7.15. The van der Waals surface area contributed by atoms with Crippen LogP contribution in [0.25, 0.3) is 0 Å². The summed E-state index contributed by atoms with van der Waals surface area (Å²) in [7, 11) is 0. The Hall–Kier alpha value is -1.99. The summed E-state index contributed by atoms with van der Waals surface area (Å²) in [5.74, 6) is -0.867. The molecule has 126 valence electrons. The van der Waals surface area contributed by atoms with Gasteiger partial charge in [0.25, 0.3) is 5.91 Å². The molecule has 2 amide bonds. The zero-order chi connectivity index (χ0) is 17.7. The number of nitrogens with one attached hydrogen (secondary N) is 2. The van der Waals surface area contributed by atoms with E-state index in [9.17, 15) is 14.7 Å². The van der Waals surface area contributed by atoms with Crippen molar-refractivity contribution >= 4 is 39.5 Å². The number of phenols is 1. The molecular weight excluding hydrogens is 392 g/mol. The number of hydrogen-bond acceptors (Lipinski definition) is 4. The summed E-state index contributed by atoms with van der Waals surface area (Å²) in [6, 6.07) is 10.1. The van der Waals surface area contributed by atoms with Gasteiger partial charge in [0.1, 0.15) is 5.75 Å². The Morgan fingerprint density at radius 1 is 1.12 bits per heavy atom. The van der Waals surface area contributed by atoms with E-state index in [1.165, 1.54) is 23.9 Å². The lowest BCUT2D eigenvalue weighted by Crippen LogP contribution is -2.42. The van der Waals surface area contributed by atoms with Gasteiger partial charge in [-0.2, -0.15) is 0 Å². The van der Waals surface area contributed by atoms with E-state index < -0.39 is 5.91 Å². The molecule has 0 aliphatic heterocycles. The summed E-state index contributed by atoms with van der Waals surface area (Å²) in [6.07, 6.45) is 0. The molecule has 0 saturated carbocycles. The lowest BCUT2D eigenvalue weighted by molar-refractivity contribution is -0.119. The van der Waals surface area contributed by atoms with Crippen molar-refractivity contribution < 1.29 is 14.7 Å². The third kappa shape index (κ3) is 4.75. The SMILES string of the molecule is Cc1cc(SCC(=O)NNC(=O)c2ccccc2O)c(C)cc1Br. The van der Waals surface area contributed by atoms with E-state index in [2.05, 4.69) is 26.8 Å². The van der Waals surface area contributed by atoms with E-state index in [1.807, 2.05) is 26.0 Å². The number of aromatic hydroxyl groups is 1. The smallest absolute Gasteiger partial charge is 0.273 e. The van der Waals surface area contributed by atoms with E-state index in [1.54, 1.807) is 12.1 Å². The third-order valence-corrected chi connectivity index (χ3v) is 5.29. The molecule has 24 heavy (non-hydrogen) atoms. The van der Waals surface area contributed by atoms with Gasteiger partial charge in [0, 0.05) is 9.37 Å².